The fourth-order valence-corrected chi connectivity index (χ4v) is 4.50. The summed E-state index contributed by atoms with van der Waals surface area (Å²) in [4.78, 5) is 30.8. The van der Waals surface area contributed by atoms with Crippen LogP contribution in [-0.4, -0.2) is 45.7 Å². The Morgan fingerprint density at radius 3 is 2.41 bits per heavy atom. The zero-order valence-electron chi connectivity index (χ0n) is 23.1. The molecule has 37 heavy (non-hydrogen) atoms. The van der Waals surface area contributed by atoms with E-state index in [9.17, 15) is 9.59 Å². The summed E-state index contributed by atoms with van der Waals surface area (Å²) < 4.78 is 10.7. The maximum atomic E-state index is 12.6. The first-order valence-electron chi connectivity index (χ1n) is 13.9. The molecule has 2 heterocycles. The summed E-state index contributed by atoms with van der Waals surface area (Å²) in [5, 5.41) is 6.93. The summed E-state index contributed by atoms with van der Waals surface area (Å²) in [6.45, 7) is 8.76. The quantitative estimate of drug-likeness (QED) is 0.317. The SMILES string of the molecule is CCCCCCCCCCc1ccc(-c2noc(CNC(=O)[C@@H]3CCN(C(=O)OC(C)(C)C)C3)n2)cc1. The van der Waals surface area contributed by atoms with Gasteiger partial charge in [-0.15, -0.1) is 0 Å². The molecule has 0 bridgehead atoms. The van der Waals surface area contributed by atoms with Crippen molar-refractivity contribution in [2.75, 3.05) is 13.1 Å². The molecule has 8 nitrogen and oxygen atoms in total. The van der Waals surface area contributed by atoms with Crippen molar-refractivity contribution in [2.45, 2.75) is 104 Å². The first-order chi connectivity index (χ1) is 17.7. The monoisotopic (exact) mass is 512 g/mol. The second-order valence-electron chi connectivity index (χ2n) is 11.1. The van der Waals surface area contributed by atoms with Crippen molar-refractivity contribution < 1.29 is 18.8 Å². The molecule has 0 spiro atoms. The number of aromatic nitrogens is 2. The molecule has 0 radical (unpaired) electrons. The lowest BCUT2D eigenvalue weighted by Gasteiger charge is -2.24. The van der Waals surface area contributed by atoms with E-state index in [2.05, 4.69) is 34.5 Å². The Kier molecular flexibility index (Phi) is 11.0. The number of aryl methyl sites for hydroxylation is 1. The minimum Gasteiger partial charge on any atom is -0.444 e. The Morgan fingerprint density at radius 1 is 1.05 bits per heavy atom. The van der Waals surface area contributed by atoms with Crippen LogP contribution in [0.4, 0.5) is 4.79 Å². The van der Waals surface area contributed by atoms with E-state index in [-0.39, 0.29) is 24.5 Å². The van der Waals surface area contributed by atoms with Crippen molar-refractivity contribution in [1.82, 2.24) is 20.4 Å². The molecular weight excluding hydrogens is 468 g/mol. The summed E-state index contributed by atoms with van der Waals surface area (Å²) in [5.74, 6) is 0.466. The van der Waals surface area contributed by atoms with E-state index < -0.39 is 5.60 Å². The summed E-state index contributed by atoms with van der Waals surface area (Å²) in [6.07, 6.45) is 11.9. The van der Waals surface area contributed by atoms with E-state index in [1.165, 1.54) is 56.9 Å². The lowest BCUT2D eigenvalue weighted by molar-refractivity contribution is -0.124. The zero-order valence-corrected chi connectivity index (χ0v) is 23.1. The number of nitrogens with one attached hydrogen (secondary N) is 1. The van der Waals surface area contributed by atoms with Gasteiger partial charge in [-0.05, 0) is 45.6 Å². The highest BCUT2D eigenvalue weighted by atomic mass is 16.6. The molecule has 1 aromatic carbocycles. The van der Waals surface area contributed by atoms with Gasteiger partial charge in [-0.1, -0.05) is 81.3 Å². The van der Waals surface area contributed by atoms with Gasteiger partial charge in [0.05, 0.1) is 12.5 Å². The van der Waals surface area contributed by atoms with Crippen LogP contribution in [0.1, 0.15) is 96.9 Å². The van der Waals surface area contributed by atoms with Crippen molar-refractivity contribution in [3.05, 3.63) is 35.7 Å². The number of unbranched alkanes of at least 4 members (excludes halogenated alkanes) is 7. The van der Waals surface area contributed by atoms with Gasteiger partial charge in [0.25, 0.3) is 0 Å². The average molecular weight is 513 g/mol. The van der Waals surface area contributed by atoms with E-state index in [0.717, 1.165) is 12.0 Å². The third kappa shape index (κ3) is 9.82. The number of carbonyl (C=O) groups excluding carboxylic acids is 2. The smallest absolute Gasteiger partial charge is 0.410 e. The summed E-state index contributed by atoms with van der Waals surface area (Å²) >= 11 is 0. The number of rotatable bonds is 13. The van der Waals surface area contributed by atoms with Crippen molar-refractivity contribution >= 4 is 12.0 Å². The van der Waals surface area contributed by atoms with Gasteiger partial charge in [-0.2, -0.15) is 4.98 Å². The lowest BCUT2D eigenvalue weighted by atomic mass is 10.0. The van der Waals surface area contributed by atoms with Crippen LogP contribution < -0.4 is 5.32 Å². The van der Waals surface area contributed by atoms with Gasteiger partial charge in [-0.25, -0.2) is 4.79 Å². The van der Waals surface area contributed by atoms with Crippen molar-refractivity contribution in [3.8, 4) is 11.4 Å². The molecule has 1 aromatic heterocycles. The predicted molar refractivity (Wildman–Crippen MR) is 144 cm³/mol. The molecule has 3 rings (SSSR count). The number of amides is 2. The Bertz CT molecular complexity index is 981. The highest BCUT2D eigenvalue weighted by Crippen LogP contribution is 2.21. The molecule has 8 heteroatoms. The van der Waals surface area contributed by atoms with Gasteiger partial charge in [0.15, 0.2) is 0 Å². The van der Waals surface area contributed by atoms with Crippen LogP contribution in [0.2, 0.25) is 0 Å². The number of benzene rings is 1. The zero-order chi connectivity index (χ0) is 26.7. The number of likely N-dealkylation sites (tertiary alicyclic amines) is 1. The molecule has 2 amide bonds. The highest BCUT2D eigenvalue weighted by Gasteiger charge is 2.33. The summed E-state index contributed by atoms with van der Waals surface area (Å²) in [6, 6.07) is 8.31. The van der Waals surface area contributed by atoms with Crippen LogP contribution in [0.3, 0.4) is 0 Å². The average Bonchev–Trinajstić information content (AvgIpc) is 3.54. The van der Waals surface area contributed by atoms with Crippen molar-refractivity contribution in [3.63, 3.8) is 0 Å². The second kappa shape index (κ2) is 14.1. The Balaban J connectivity index is 1.37. The normalized spacial score (nSPS) is 15.7. The molecule has 1 saturated heterocycles. The van der Waals surface area contributed by atoms with Crippen molar-refractivity contribution in [1.29, 1.82) is 0 Å². The van der Waals surface area contributed by atoms with Gasteiger partial charge in [0.2, 0.25) is 17.6 Å². The second-order valence-corrected chi connectivity index (χ2v) is 11.1. The first-order valence-corrected chi connectivity index (χ1v) is 13.9. The lowest BCUT2D eigenvalue weighted by Crippen LogP contribution is -2.37. The van der Waals surface area contributed by atoms with Crippen LogP contribution in [0.5, 0.6) is 0 Å². The molecule has 0 saturated carbocycles. The first kappa shape index (κ1) is 28.7. The third-order valence-corrected chi connectivity index (χ3v) is 6.62. The van der Waals surface area contributed by atoms with Crippen LogP contribution in [0.25, 0.3) is 11.4 Å². The Morgan fingerprint density at radius 2 is 1.73 bits per heavy atom. The molecule has 1 atom stereocenters. The van der Waals surface area contributed by atoms with E-state index in [0.29, 0.717) is 31.2 Å². The summed E-state index contributed by atoms with van der Waals surface area (Å²) in [7, 11) is 0. The van der Waals surface area contributed by atoms with Crippen molar-refractivity contribution in [2.24, 2.45) is 5.92 Å². The molecule has 0 aliphatic carbocycles. The Hall–Kier alpha value is -2.90. The van der Waals surface area contributed by atoms with E-state index in [1.54, 1.807) is 4.90 Å². The van der Waals surface area contributed by atoms with E-state index in [4.69, 9.17) is 9.26 Å². The van der Waals surface area contributed by atoms with Gasteiger partial charge in [0.1, 0.15) is 5.60 Å². The number of hydrogen-bond acceptors (Lipinski definition) is 6. The van der Waals surface area contributed by atoms with E-state index in [1.807, 2.05) is 32.9 Å². The summed E-state index contributed by atoms with van der Waals surface area (Å²) in [5.41, 5.74) is 1.66. The fourth-order valence-electron chi connectivity index (χ4n) is 4.50. The number of nitrogens with zero attached hydrogens (tertiary/aromatic N) is 3. The largest absolute Gasteiger partial charge is 0.444 e. The standard InChI is InChI=1S/C29H44N4O4/c1-5-6-7-8-9-10-11-12-13-22-14-16-23(17-15-22)26-31-25(37-32-26)20-30-27(34)24-18-19-33(21-24)28(35)36-29(2,3)4/h14-17,24H,5-13,18-21H2,1-4H3,(H,30,34)/t24-/m1/s1. The van der Waals surface area contributed by atoms with E-state index >= 15 is 0 Å². The minimum atomic E-state index is -0.555. The maximum absolute atomic E-state index is 12.6. The minimum absolute atomic E-state index is 0.129. The van der Waals surface area contributed by atoms with Crippen LogP contribution in [0, 0.1) is 5.92 Å². The highest BCUT2D eigenvalue weighted by molar-refractivity contribution is 5.80. The third-order valence-electron chi connectivity index (χ3n) is 6.62. The molecule has 2 aromatic rings. The van der Waals surface area contributed by atoms with Crippen LogP contribution in [0.15, 0.2) is 28.8 Å². The Labute approximate surface area is 221 Å². The topological polar surface area (TPSA) is 97.6 Å². The number of ether oxygens (including phenoxy) is 1. The van der Waals surface area contributed by atoms with Gasteiger partial charge in [-0.3, -0.25) is 4.79 Å². The van der Waals surface area contributed by atoms with Crippen LogP contribution >= 0.6 is 0 Å². The number of carbonyl (C=O) groups is 2. The van der Waals surface area contributed by atoms with Gasteiger partial charge in [0, 0.05) is 18.7 Å². The molecule has 1 aliphatic heterocycles. The fraction of sp³-hybridized carbons (Fsp3) is 0.655. The van der Waals surface area contributed by atoms with Crippen LogP contribution in [-0.2, 0) is 22.5 Å². The maximum Gasteiger partial charge on any atom is 0.410 e. The van der Waals surface area contributed by atoms with Gasteiger partial charge >= 0.3 is 6.09 Å². The number of hydrogen-bond donors (Lipinski definition) is 1. The molecule has 1 fully saturated rings. The predicted octanol–water partition coefficient (Wildman–Crippen LogP) is 6.29. The molecule has 1 aliphatic rings. The molecule has 1 N–H and O–H groups in total. The molecule has 0 unspecified atom stereocenters. The molecule has 204 valence electrons. The van der Waals surface area contributed by atoms with Gasteiger partial charge < -0.3 is 19.5 Å². The molecular formula is C29H44N4O4.